The molecule has 7 nitrogen and oxygen atoms in total. The van der Waals surface area contributed by atoms with E-state index in [4.69, 9.17) is 4.74 Å². The van der Waals surface area contributed by atoms with E-state index in [0.29, 0.717) is 23.7 Å². The second kappa shape index (κ2) is 4.04. The molecule has 7 heteroatoms. The van der Waals surface area contributed by atoms with Gasteiger partial charge in [0.1, 0.15) is 6.33 Å². The lowest BCUT2D eigenvalue weighted by Gasteiger charge is -2.11. The van der Waals surface area contributed by atoms with Crippen LogP contribution in [-0.4, -0.2) is 28.0 Å². The van der Waals surface area contributed by atoms with Crippen molar-refractivity contribution in [3.63, 3.8) is 0 Å². The van der Waals surface area contributed by atoms with Crippen LogP contribution in [0.3, 0.4) is 0 Å². The Morgan fingerprint density at radius 2 is 2.05 bits per heavy atom. The molecule has 4 rings (SSSR count). The Kier molecular flexibility index (Phi) is 2.40. The quantitative estimate of drug-likeness (QED) is 0.666. The lowest BCUT2D eigenvalue weighted by Crippen LogP contribution is -2.15. The van der Waals surface area contributed by atoms with E-state index in [1.807, 2.05) is 0 Å². The van der Waals surface area contributed by atoms with Gasteiger partial charge in [0, 0.05) is 6.04 Å². The van der Waals surface area contributed by atoms with Crippen LogP contribution in [0, 0.1) is 33.8 Å². The van der Waals surface area contributed by atoms with E-state index in [0.717, 1.165) is 11.8 Å². The summed E-state index contributed by atoms with van der Waals surface area (Å²) in [5.41, 5.74) is -0.160. The first-order chi connectivity index (χ1) is 9.70. The first kappa shape index (κ1) is 11.9. The summed E-state index contributed by atoms with van der Waals surface area (Å²) >= 11 is 0. The standard InChI is InChI=1S/C13H16N4O3/c1-20-13-11(17(18)19)12(14-5-15-13)16-10-8-6-2-3-7(4-6)9(8)10/h5-10H,2-4H2,1H3,(H,14,15,16). The van der Waals surface area contributed by atoms with Crippen molar-refractivity contribution in [3.05, 3.63) is 16.4 Å². The van der Waals surface area contributed by atoms with Gasteiger partial charge in [-0.25, -0.2) is 4.98 Å². The smallest absolute Gasteiger partial charge is 0.372 e. The van der Waals surface area contributed by atoms with Crippen molar-refractivity contribution in [2.45, 2.75) is 25.3 Å². The van der Waals surface area contributed by atoms with Crippen molar-refractivity contribution < 1.29 is 9.66 Å². The highest BCUT2D eigenvalue weighted by molar-refractivity contribution is 5.62. The number of rotatable bonds is 4. The van der Waals surface area contributed by atoms with Gasteiger partial charge in [-0.1, -0.05) is 0 Å². The van der Waals surface area contributed by atoms with E-state index in [1.54, 1.807) is 0 Å². The molecule has 3 fully saturated rings. The Morgan fingerprint density at radius 1 is 1.35 bits per heavy atom. The number of nitrogens with one attached hydrogen (secondary N) is 1. The highest BCUT2D eigenvalue weighted by Crippen LogP contribution is 2.66. The topological polar surface area (TPSA) is 90.2 Å². The van der Waals surface area contributed by atoms with Crippen molar-refractivity contribution in [1.29, 1.82) is 0 Å². The number of hydrogen-bond donors (Lipinski definition) is 1. The zero-order chi connectivity index (χ0) is 13.9. The Balaban J connectivity index is 1.60. The van der Waals surface area contributed by atoms with Gasteiger partial charge >= 0.3 is 5.69 Å². The Morgan fingerprint density at radius 3 is 2.65 bits per heavy atom. The lowest BCUT2D eigenvalue weighted by molar-refractivity contribution is -0.385. The second-order valence-corrected chi connectivity index (χ2v) is 6.00. The minimum Gasteiger partial charge on any atom is -0.476 e. The first-order valence-corrected chi connectivity index (χ1v) is 7.00. The highest BCUT2D eigenvalue weighted by atomic mass is 16.6. The molecule has 3 saturated carbocycles. The number of methoxy groups -OCH3 is 1. The van der Waals surface area contributed by atoms with Crippen LogP contribution < -0.4 is 10.1 Å². The maximum Gasteiger partial charge on any atom is 0.372 e. The molecule has 1 aromatic rings. The van der Waals surface area contributed by atoms with Crippen LogP contribution in [0.1, 0.15) is 19.3 Å². The van der Waals surface area contributed by atoms with Gasteiger partial charge in [0.15, 0.2) is 0 Å². The average molecular weight is 276 g/mol. The molecule has 0 spiro atoms. The zero-order valence-corrected chi connectivity index (χ0v) is 11.2. The minimum atomic E-state index is -0.478. The normalized spacial score (nSPS) is 36.5. The summed E-state index contributed by atoms with van der Waals surface area (Å²) in [7, 11) is 1.38. The number of anilines is 1. The van der Waals surface area contributed by atoms with Crippen molar-refractivity contribution in [3.8, 4) is 5.88 Å². The summed E-state index contributed by atoms with van der Waals surface area (Å²) in [5.74, 6) is 3.31. The molecule has 3 aliphatic carbocycles. The monoisotopic (exact) mass is 276 g/mol. The largest absolute Gasteiger partial charge is 0.476 e. The minimum absolute atomic E-state index is 0.0151. The number of nitrogens with zero attached hydrogens (tertiary/aromatic N) is 3. The van der Waals surface area contributed by atoms with E-state index in [1.165, 1.54) is 32.7 Å². The molecule has 2 bridgehead atoms. The van der Waals surface area contributed by atoms with Gasteiger partial charge in [0.25, 0.3) is 5.88 Å². The summed E-state index contributed by atoms with van der Waals surface area (Å²) in [6.07, 6.45) is 5.29. The fourth-order valence-corrected chi connectivity index (χ4v) is 4.46. The van der Waals surface area contributed by atoms with Gasteiger partial charge < -0.3 is 10.1 Å². The Bertz CT molecular complexity index is 563. The van der Waals surface area contributed by atoms with Crippen LogP contribution in [0.15, 0.2) is 6.33 Å². The predicted octanol–water partition coefficient (Wildman–Crippen LogP) is 1.85. The van der Waals surface area contributed by atoms with Crippen LogP contribution in [0.4, 0.5) is 11.5 Å². The third-order valence-corrected chi connectivity index (χ3v) is 5.20. The molecule has 106 valence electrons. The summed E-state index contributed by atoms with van der Waals surface area (Å²) in [6.45, 7) is 0. The number of nitro groups is 1. The maximum atomic E-state index is 11.2. The second-order valence-electron chi connectivity index (χ2n) is 6.00. The van der Waals surface area contributed by atoms with E-state index in [2.05, 4.69) is 15.3 Å². The number of ether oxygens (including phenoxy) is 1. The molecule has 0 amide bonds. The first-order valence-electron chi connectivity index (χ1n) is 7.00. The molecule has 0 radical (unpaired) electrons. The fraction of sp³-hybridized carbons (Fsp3) is 0.692. The maximum absolute atomic E-state index is 11.2. The van der Waals surface area contributed by atoms with Gasteiger partial charge in [-0.15, -0.1) is 0 Å². The van der Waals surface area contributed by atoms with Crippen molar-refractivity contribution >= 4 is 11.5 Å². The third kappa shape index (κ3) is 1.52. The molecule has 20 heavy (non-hydrogen) atoms. The molecule has 0 saturated heterocycles. The van der Waals surface area contributed by atoms with Crippen molar-refractivity contribution in [1.82, 2.24) is 9.97 Å². The third-order valence-electron chi connectivity index (χ3n) is 5.20. The van der Waals surface area contributed by atoms with Gasteiger partial charge in [-0.2, -0.15) is 4.98 Å². The molecule has 4 unspecified atom stereocenters. The van der Waals surface area contributed by atoms with Crippen LogP contribution in [0.25, 0.3) is 0 Å². The van der Waals surface area contributed by atoms with Crippen molar-refractivity contribution in [2.24, 2.45) is 23.7 Å². The molecule has 0 aliphatic heterocycles. The Hall–Kier alpha value is -1.92. The zero-order valence-electron chi connectivity index (χ0n) is 11.2. The predicted molar refractivity (Wildman–Crippen MR) is 70.5 cm³/mol. The van der Waals surface area contributed by atoms with Crippen LogP contribution in [0.5, 0.6) is 5.88 Å². The fourth-order valence-electron chi connectivity index (χ4n) is 4.46. The molecule has 1 N–H and O–H groups in total. The molecule has 1 aromatic heterocycles. The SMILES string of the molecule is COc1ncnc(NC2C3C4CCC(C4)C23)c1[N+](=O)[O-]. The summed E-state index contributed by atoms with van der Waals surface area (Å²) in [4.78, 5) is 18.6. The van der Waals surface area contributed by atoms with E-state index in [-0.39, 0.29) is 11.6 Å². The van der Waals surface area contributed by atoms with Crippen molar-refractivity contribution in [2.75, 3.05) is 12.4 Å². The molecule has 3 aliphatic rings. The number of hydrogen-bond acceptors (Lipinski definition) is 6. The van der Waals surface area contributed by atoms with Gasteiger partial charge in [0.2, 0.25) is 5.82 Å². The number of fused-ring (bicyclic) bond motifs is 5. The summed E-state index contributed by atoms with van der Waals surface area (Å²) in [6, 6.07) is 0.347. The molecule has 0 aromatic carbocycles. The van der Waals surface area contributed by atoms with E-state index < -0.39 is 4.92 Å². The molecule has 1 heterocycles. The molecule has 4 atom stereocenters. The van der Waals surface area contributed by atoms with E-state index in [9.17, 15) is 10.1 Å². The molecular weight excluding hydrogens is 260 g/mol. The average Bonchev–Trinajstić information content (AvgIpc) is 2.84. The van der Waals surface area contributed by atoms with E-state index >= 15 is 0 Å². The number of aromatic nitrogens is 2. The Labute approximate surface area is 115 Å². The van der Waals surface area contributed by atoms with Gasteiger partial charge in [0.05, 0.1) is 12.0 Å². The summed E-state index contributed by atoms with van der Waals surface area (Å²) < 4.78 is 4.97. The molecular formula is C13H16N4O3. The van der Waals surface area contributed by atoms with Gasteiger partial charge in [-0.05, 0) is 42.9 Å². The highest BCUT2D eigenvalue weighted by Gasteiger charge is 2.65. The van der Waals surface area contributed by atoms with Crippen LogP contribution in [0.2, 0.25) is 0 Å². The van der Waals surface area contributed by atoms with Gasteiger partial charge in [-0.3, -0.25) is 10.1 Å². The van der Waals surface area contributed by atoms with Crippen LogP contribution >= 0.6 is 0 Å². The lowest BCUT2D eigenvalue weighted by atomic mass is 10.0. The summed E-state index contributed by atoms with van der Waals surface area (Å²) in [5, 5.41) is 14.5. The van der Waals surface area contributed by atoms with Crippen LogP contribution in [-0.2, 0) is 0 Å².